The number of fused-ring (bicyclic) bond motifs is 1. The molecule has 3 nitrogen and oxygen atoms in total. The lowest BCUT2D eigenvalue weighted by Gasteiger charge is -2.18. The molecule has 0 saturated heterocycles. The fraction of sp³-hybridized carbons (Fsp3) is 0.316. The molecule has 0 radical (unpaired) electrons. The van der Waals surface area contributed by atoms with Crippen molar-refractivity contribution < 1.29 is 4.79 Å². The third-order valence-corrected chi connectivity index (χ3v) is 4.14. The Morgan fingerprint density at radius 2 is 1.77 bits per heavy atom. The quantitative estimate of drug-likeness (QED) is 0.836. The van der Waals surface area contributed by atoms with Crippen LogP contribution in [0.15, 0.2) is 54.6 Å². The summed E-state index contributed by atoms with van der Waals surface area (Å²) in [6, 6.07) is 18.7. The van der Waals surface area contributed by atoms with Crippen LogP contribution in [0.4, 0.5) is 10.5 Å². The first kappa shape index (κ1) is 14.6. The molecule has 2 aromatic carbocycles. The van der Waals surface area contributed by atoms with Gasteiger partial charge < -0.3 is 5.32 Å². The van der Waals surface area contributed by atoms with Gasteiger partial charge in [-0.3, -0.25) is 4.90 Å². The van der Waals surface area contributed by atoms with Gasteiger partial charge in [0, 0.05) is 18.8 Å². The van der Waals surface area contributed by atoms with Gasteiger partial charge >= 0.3 is 6.03 Å². The number of nitrogens with zero attached hydrogens (tertiary/aromatic N) is 1. The first-order valence-corrected chi connectivity index (χ1v) is 8.02. The van der Waals surface area contributed by atoms with Crippen molar-refractivity contribution in [2.75, 3.05) is 18.0 Å². The van der Waals surface area contributed by atoms with E-state index in [0.29, 0.717) is 0 Å². The van der Waals surface area contributed by atoms with Gasteiger partial charge in [0.15, 0.2) is 0 Å². The Morgan fingerprint density at radius 1 is 1.00 bits per heavy atom. The Morgan fingerprint density at radius 3 is 2.64 bits per heavy atom. The van der Waals surface area contributed by atoms with Crippen molar-refractivity contribution in [2.45, 2.75) is 25.7 Å². The number of carbonyl (C=O) groups is 1. The van der Waals surface area contributed by atoms with Crippen molar-refractivity contribution in [3.63, 3.8) is 0 Å². The van der Waals surface area contributed by atoms with Crippen LogP contribution in [0.1, 0.15) is 24.0 Å². The third-order valence-electron chi connectivity index (χ3n) is 4.14. The van der Waals surface area contributed by atoms with E-state index in [-0.39, 0.29) is 6.03 Å². The van der Waals surface area contributed by atoms with Crippen molar-refractivity contribution in [3.8, 4) is 0 Å². The molecule has 0 unspecified atom stereocenters. The average Bonchev–Trinajstić information content (AvgIpc) is 2.99. The number of aryl methyl sites for hydroxylation is 1. The van der Waals surface area contributed by atoms with Crippen molar-refractivity contribution in [3.05, 3.63) is 65.7 Å². The van der Waals surface area contributed by atoms with Gasteiger partial charge in [-0.2, -0.15) is 0 Å². The lowest BCUT2D eigenvalue weighted by atomic mass is 10.1. The van der Waals surface area contributed by atoms with Gasteiger partial charge in [0.25, 0.3) is 0 Å². The van der Waals surface area contributed by atoms with Crippen LogP contribution in [0.5, 0.6) is 0 Å². The van der Waals surface area contributed by atoms with E-state index in [0.717, 1.165) is 44.5 Å². The Bertz CT molecular complexity index is 624. The maximum Gasteiger partial charge on any atom is 0.321 e. The maximum absolute atomic E-state index is 12.3. The summed E-state index contributed by atoms with van der Waals surface area (Å²) < 4.78 is 0. The van der Waals surface area contributed by atoms with Crippen LogP contribution in [-0.4, -0.2) is 19.1 Å². The normalized spacial score (nSPS) is 13.0. The summed E-state index contributed by atoms with van der Waals surface area (Å²) in [4.78, 5) is 14.1. The number of carbonyl (C=O) groups excluding carboxylic acids is 1. The summed E-state index contributed by atoms with van der Waals surface area (Å²) in [5.74, 6) is 0. The molecule has 0 atom stereocenters. The third kappa shape index (κ3) is 3.48. The van der Waals surface area contributed by atoms with Gasteiger partial charge in [-0.15, -0.1) is 0 Å². The lowest BCUT2D eigenvalue weighted by molar-refractivity contribution is 0.246. The summed E-state index contributed by atoms with van der Waals surface area (Å²) in [6.07, 6.45) is 4.14. The molecule has 0 spiro atoms. The molecular weight excluding hydrogens is 272 g/mol. The van der Waals surface area contributed by atoms with E-state index in [1.165, 1.54) is 11.1 Å². The smallest absolute Gasteiger partial charge is 0.321 e. The Labute approximate surface area is 132 Å². The number of rotatable bonds is 5. The van der Waals surface area contributed by atoms with Crippen LogP contribution in [0, 0.1) is 0 Å². The van der Waals surface area contributed by atoms with Crippen molar-refractivity contribution in [1.82, 2.24) is 5.32 Å². The van der Waals surface area contributed by atoms with Crippen molar-refractivity contribution in [1.29, 1.82) is 0 Å². The molecule has 3 heteroatoms. The highest BCUT2D eigenvalue weighted by molar-refractivity contribution is 5.94. The fourth-order valence-electron chi connectivity index (χ4n) is 2.94. The van der Waals surface area contributed by atoms with Crippen LogP contribution < -0.4 is 10.2 Å². The van der Waals surface area contributed by atoms with Crippen molar-refractivity contribution >= 4 is 11.7 Å². The van der Waals surface area contributed by atoms with E-state index < -0.39 is 0 Å². The number of urea groups is 1. The van der Waals surface area contributed by atoms with Crippen LogP contribution >= 0.6 is 0 Å². The molecular formula is C19H22N2O. The van der Waals surface area contributed by atoms with E-state index in [9.17, 15) is 4.79 Å². The number of benzene rings is 2. The van der Waals surface area contributed by atoms with Crippen LogP contribution in [0.2, 0.25) is 0 Å². The SMILES string of the molecule is O=C(NCCCCc1ccccc1)N1CCc2ccccc21. The molecule has 1 aliphatic heterocycles. The van der Waals surface area contributed by atoms with E-state index in [2.05, 4.69) is 35.6 Å². The minimum Gasteiger partial charge on any atom is -0.338 e. The number of hydrogen-bond acceptors (Lipinski definition) is 1. The predicted molar refractivity (Wildman–Crippen MR) is 90.3 cm³/mol. The highest BCUT2D eigenvalue weighted by Gasteiger charge is 2.23. The number of nitrogens with one attached hydrogen (secondary N) is 1. The first-order valence-electron chi connectivity index (χ1n) is 8.02. The molecule has 1 heterocycles. The molecule has 1 aliphatic rings. The maximum atomic E-state index is 12.3. The van der Waals surface area contributed by atoms with Gasteiger partial charge in [-0.1, -0.05) is 48.5 Å². The average molecular weight is 294 g/mol. The molecule has 0 saturated carbocycles. The second-order valence-electron chi connectivity index (χ2n) is 5.70. The van der Waals surface area contributed by atoms with Gasteiger partial charge in [0.05, 0.1) is 0 Å². The van der Waals surface area contributed by atoms with E-state index in [4.69, 9.17) is 0 Å². The number of amides is 2. The second-order valence-corrected chi connectivity index (χ2v) is 5.70. The molecule has 114 valence electrons. The molecule has 0 bridgehead atoms. The van der Waals surface area contributed by atoms with E-state index >= 15 is 0 Å². The Kier molecular flexibility index (Phi) is 4.74. The topological polar surface area (TPSA) is 32.3 Å². The molecule has 0 aromatic heterocycles. The first-order chi connectivity index (χ1) is 10.8. The largest absolute Gasteiger partial charge is 0.338 e. The lowest BCUT2D eigenvalue weighted by Crippen LogP contribution is -2.39. The molecule has 22 heavy (non-hydrogen) atoms. The minimum absolute atomic E-state index is 0.0321. The number of anilines is 1. The number of hydrogen-bond donors (Lipinski definition) is 1. The fourth-order valence-corrected chi connectivity index (χ4v) is 2.94. The monoisotopic (exact) mass is 294 g/mol. The van der Waals surface area contributed by atoms with E-state index in [1.54, 1.807) is 0 Å². The van der Waals surface area contributed by atoms with E-state index in [1.807, 2.05) is 29.2 Å². The Hall–Kier alpha value is -2.29. The van der Waals surface area contributed by atoms with Gasteiger partial charge in [-0.05, 0) is 42.9 Å². The standard InChI is InChI=1S/C19H22N2O/c22-19(21-15-13-17-11-4-5-12-18(17)21)20-14-7-6-10-16-8-2-1-3-9-16/h1-5,8-9,11-12H,6-7,10,13-15H2,(H,20,22). The zero-order valence-corrected chi connectivity index (χ0v) is 12.8. The van der Waals surface area contributed by atoms with Gasteiger partial charge in [0.1, 0.15) is 0 Å². The summed E-state index contributed by atoms with van der Waals surface area (Å²) >= 11 is 0. The molecule has 2 amide bonds. The number of unbranched alkanes of at least 4 members (excludes halogenated alkanes) is 1. The molecule has 1 N–H and O–H groups in total. The summed E-state index contributed by atoms with van der Waals surface area (Å²) in [5, 5.41) is 3.04. The highest BCUT2D eigenvalue weighted by atomic mass is 16.2. The predicted octanol–water partition coefficient (Wildman–Crippen LogP) is 3.78. The van der Waals surface area contributed by atoms with Gasteiger partial charge in [-0.25, -0.2) is 4.79 Å². The van der Waals surface area contributed by atoms with Crippen LogP contribution in [0.25, 0.3) is 0 Å². The van der Waals surface area contributed by atoms with Crippen LogP contribution in [0.3, 0.4) is 0 Å². The van der Waals surface area contributed by atoms with Gasteiger partial charge in [0.2, 0.25) is 0 Å². The zero-order valence-electron chi connectivity index (χ0n) is 12.8. The minimum atomic E-state index is 0.0321. The zero-order chi connectivity index (χ0) is 15.2. The summed E-state index contributed by atoms with van der Waals surface area (Å²) in [5.41, 5.74) is 3.69. The molecule has 2 aromatic rings. The molecule has 3 rings (SSSR count). The molecule has 0 aliphatic carbocycles. The highest BCUT2D eigenvalue weighted by Crippen LogP contribution is 2.27. The number of para-hydroxylation sites is 1. The summed E-state index contributed by atoms with van der Waals surface area (Å²) in [6.45, 7) is 1.53. The van der Waals surface area contributed by atoms with Crippen molar-refractivity contribution in [2.24, 2.45) is 0 Å². The Balaban J connectivity index is 1.40. The summed E-state index contributed by atoms with van der Waals surface area (Å²) in [7, 11) is 0. The second kappa shape index (κ2) is 7.12. The van der Waals surface area contributed by atoms with Crippen LogP contribution in [-0.2, 0) is 12.8 Å². The molecule has 0 fully saturated rings.